The predicted molar refractivity (Wildman–Crippen MR) is 135 cm³/mol. The van der Waals surface area contributed by atoms with Gasteiger partial charge in [0.2, 0.25) is 0 Å². The van der Waals surface area contributed by atoms with Crippen molar-refractivity contribution in [3.05, 3.63) is 115 Å². The van der Waals surface area contributed by atoms with Crippen LogP contribution in [0, 0.1) is 0 Å². The molecule has 0 radical (unpaired) electrons. The monoisotopic (exact) mass is 513 g/mol. The molecule has 0 fully saturated rings. The molecule has 8 nitrogen and oxygen atoms in total. The second-order valence-corrected chi connectivity index (χ2v) is 9.29. The number of thiazole rings is 1. The average Bonchev–Trinajstić information content (AvgIpc) is 3.48. The standard InChI is InChI=1S/C28H22N2O6S/c1-3-35-27(34)23-16(2)29-28-30(24(23)18-7-5-4-6-8-18)25(31)22(37-28)15-20-13-14-21(36-20)17-9-11-19(12-10-17)26(32)33/h4-15,24H,3H2,1-2H3,(H,32,33)/p-1/b22-15-/t24-/m1/s1. The van der Waals surface area contributed by atoms with Gasteiger partial charge in [-0.2, -0.15) is 0 Å². The van der Waals surface area contributed by atoms with E-state index in [2.05, 4.69) is 4.99 Å². The Kier molecular flexibility index (Phi) is 6.45. The molecule has 5 rings (SSSR count). The van der Waals surface area contributed by atoms with E-state index in [1.54, 1.807) is 44.2 Å². The van der Waals surface area contributed by atoms with Crippen molar-refractivity contribution in [2.45, 2.75) is 19.9 Å². The highest BCUT2D eigenvalue weighted by atomic mass is 32.1. The van der Waals surface area contributed by atoms with E-state index in [4.69, 9.17) is 9.15 Å². The third kappa shape index (κ3) is 4.56. The number of carboxylic acids is 1. The fourth-order valence-corrected chi connectivity index (χ4v) is 5.25. The summed E-state index contributed by atoms with van der Waals surface area (Å²) >= 11 is 1.21. The Morgan fingerprint density at radius 2 is 1.84 bits per heavy atom. The van der Waals surface area contributed by atoms with Crippen LogP contribution in [0.15, 0.2) is 92.2 Å². The van der Waals surface area contributed by atoms with Gasteiger partial charge in [0.05, 0.1) is 34.4 Å². The second kappa shape index (κ2) is 9.87. The number of ether oxygens (including phenoxy) is 1. The van der Waals surface area contributed by atoms with Gasteiger partial charge >= 0.3 is 5.97 Å². The van der Waals surface area contributed by atoms with Crippen LogP contribution in [0.4, 0.5) is 0 Å². The van der Waals surface area contributed by atoms with Crippen LogP contribution in [0.3, 0.4) is 0 Å². The van der Waals surface area contributed by atoms with Gasteiger partial charge < -0.3 is 19.1 Å². The molecular weight excluding hydrogens is 492 g/mol. The third-order valence-corrected chi connectivity index (χ3v) is 6.92. The van der Waals surface area contributed by atoms with Crippen molar-refractivity contribution >= 4 is 29.4 Å². The molecule has 1 aliphatic heterocycles. The summed E-state index contributed by atoms with van der Waals surface area (Å²) in [5, 5.41) is 11.0. The highest BCUT2D eigenvalue weighted by Crippen LogP contribution is 2.30. The minimum absolute atomic E-state index is 0.0714. The number of hydrogen-bond donors (Lipinski definition) is 0. The molecule has 0 bridgehead atoms. The molecule has 0 spiro atoms. The van der Waals surface area contributed by atoms with Gasteiger partial charge in [-0.1, -0.05) is 65.9 Å². The molecule has 0 amide bonds. The van der Waals surface area contributed by atoms with Gasteiger partial charge in [-0.25, -0.2) is 9.79 Å². The number of rotatable bonds is 6. The zero-order chi connectivity index (χ0) is 26.1. The zero-order valence-electron chi connectivity index (χ0n) is 20.0. The van der Waals surface area contributed by atoms with Crippen molar-refractivity contribution in [2.24, 2.45) is 4.99 Å². The van der Waals surface area contributed by atoms with Gasteiger partial charge in [-0.15, -0.1) is 0 Å². The summed E-state index contributed by atoms with van der Waals surface area (Å²) in [6.45, 7) is 3.68. The number of fused-ring (bicyclic) bond motifs is 1. The van der Waals surface area contributed by atoms with Crippen molar-refractivity contribution in [1.82, 2.24) is 4.57 Å². The van der Waals surface area contributed by atoms with Gasteiger partial charge in [0.15, 0.2) is 4.80 Å². The van der Waals surface area contributed by atoms with Crippen molar-refractivity contribution in [2.75, 3.05) is 6.61 Å². The molecule has 0 N–H and O–H groups in total. The van der Waals surface area contributed by atoms with Crippen molar-refractivity contribution in [3.8, 4) is 11.3 Å². The Morgan fingerprint density at radius 3 is 2.51 bits per heavy atom. The molecule has 0 aliphatic carbocycles. The first kappa shape index (κ1) is 24.2. The topological polar surface area (TPSA) is 114 Å². The van der Waals surface area contributed by atoms with Crippen LogP contribution in [-0.4, -0.2) is 23.1 Å². The number of benzene rings is 2. The number of hydrogen-bond acceptors (Lipinski definition) is 8. The quantitative estimate of drug-likeness (QED) is 0.366. The van der Waals surface area contributed by atoms with Gasteiger partial charge in [-0.3, -0.25) is 9.36 Å². The first-order chi connectivity index (χ1) is 17.9. The number of carboxylic acid groups (broad SMARTS) is 1. The highest BCUT2D eigenvalue weighted by Gasteiger charge is 2.33. The highest BCUT2D eigenvalue weighted by molar-refractivity contribution is 7.07. The van der Waals surface area contributed by atoms with E-state index in [9.17, 15) is 19.5 Å². The van der Waals surface area contributed by atoms with Gasteiger partial charge in [0, 0.05) is 11.6 Å². The van der Waals surface area contributed by atoms with Gasteiger partial charge in [0.25, 0.3) is 5.56 Å². The Balaban J connectivity index is 1.59. The molecule has 0 unspecified atom stereocenters. The Morgan fingerprint density at radius 1 is 1.11 bits per heavy atom. The molecule has 9 heteroatoms. The normalized spacial score (nSPS) is 15.3. The molecule has 0 saturated heterocycles. The number of esters is 1. The summed E-state index contributed by atoms with van der Waals surface area (Å²) < 4.78 is 13.1. The number of nitrogens with zero attached hydrogens (tertiary/aromatic N) is 2. The molecule has 3 heterocycles. The van der Waals surface area contributed by atoms with E-state index in [1.165, 1.54) is 28.0 Å². The summed E-state index contributed by atoms with van der Waals surface area (Å²) in [5.41, 5.74) is 2.05. The fraction of sp³-hybridized carbons (Fsp3) is 0.143. The Bertz CT molecular complexity index is 1710. The molecule has 37 heavy (non-hydrogen) atoms. The molecule has 2 aromatic heterocycles. The van der Waals surface area contributed by atoms with Crippen LogP contribution in [0.2, 0.25) is 0 Å². The predicted octanol–water partition coefficient (Wildman–Crippen LogP) is 2.42. The SMILES string of the molecule is CCOC(=O)C1=C(C)N=c2s/c(=C\c3ccc(-c4ccc(C(=O)[O-])cc4)o3)c(=O)n2[C@@H]1c1ccccc1. The molecular formula is C28H21N2O6S-. The van der Waals surface area contributed by atoms with Gasteiger partial charge in [-0.05, 0) is 37.1 Å². The summed E-state index contributed by atoms with van der Waals surface area (Å²) in [6, 6.07) is 18.2. The summed E-state index contributed by atoms with van der Waals surface area (Å²) in [4.78, 5) is 42.5. The largest absolute Gasteiger partial charge is 0.545 e. The number of carbonyl (C=O) groups is 2. The lowest BCUT2D eigenvalue weighted by Gasteiger charge is -2.24. The fourth-order valence-electron chi connectivity index (χ4n) is 4.23. The number of furan rings is 1. The van der Waals surface area contributed by atoms with Crippen molar-refractivity contribution < 1.29 is 23.8 Å². The number of allylic oxidation sites excluding steroid dienone is 1. The maximum absolute atomic E-state index is 13.6. The van der Waals surface area contributed by atoms with Crippen LogP contribution in [-0.2, 0) is 9.53 Å². The molecule has 0 saturated carbocycles. The molecule has 186 valence electrons. The van der Waals surface area contributed by atoms with Crippen LogP contribution in [0.5, 0.6) is 0 Å². The van der Waals surface area contributed by atoms with Crippen molar-refractivity contribution in [1.29, 1.82) is 0 Å². The number of carbonyl (C=O) groups excluding carboxylic acids is 2. The van der Waals surface area contributed by atoms with Crippen LogP contribution in [0.25, 0.3) is 17.4 Å². The first-order valence-corrected chi connectivity index (χ1v) is 12.3. The van der Waals surface area contributed by atoms with Gasteiger partial charge in [0.1, 0.15) is 11.5 Å². The second-order valence-electron chi connectivity index (χ2n) is 8.28. The average molecular weight is 514 g/mol. The summed E-state index contributed by atoms with van der Waals surface area (Å²) in [6.07, 6.45) is 1.63. The van der Waals surface area contributed by atoms with E-state index in [1.807, 2.05) is 30.3 Å². The van der Waals surface area contributed by atoms with Crippen LogP contribution >= 0.6 is 11.3 Å². The van der Waals surface area contributed by atoms with E-state index >= 15 is 0 Å². The third-order valence-electron chi connectivity index (χ3n) is 5.94. The van der Waals surface area contributed by atoms with E-state index < -0.39 is 18.0 Å². The summed E-state index contributed by atoms with van der Waals surface area (Å²) in [7, 11) is 0. The summed E-state index contributed by atoms with van der Waals surface area (Å²) in [5.74, 6) is -0.794. The number of aromatic nitrogens is 1. The maximum Gasteiger partial charge on any atom is 0.338 e. The number of aromatic carboxylic acids is 1. The van der Waals surface area contributed by atoms with Crippen LogP contribution < -0.4 is 20.0 Å². The first-order valence-electron chi connectivity index (χ1n) is 11.5. The minimum atomic E-state index is -1.25. The van der Waals surface area contributed by atoms with Crippen molar-refractivity contribution in [3.63, 3.8) is 0 Å². The molecule has 1 aliphatic rings. The maximum atomic E-state index is 13.6. The van der Waals surface area contributed by atoms with E-state index in [-0.39, 0.29) is 17.7 Å². The lowest BCUT2D eigenvalue weighted by molar-refractivity contribution is -0.255. The lowest BCUT2D eigenvalue weighted by atomic mass is 9.96. The Hall–Kier alpha value is -4.50. The molecule has 2 aromatic carbocycles. The molecule has 4 aromatic rings. The van der Waals surface area contributed by atoms with E-state index in [0.717, 1.165) is 5.56 Å². The lowest BCUT2D eigenvalue weighted by Crippen LogP contribution is -2.39. The Labute approximate surface area is 215 Å². The van der Waals surface area contributed by atoms with E-state index in [0.29, 0.717) is 37.7 Å². The zero-order valence-corrected chi connectivity index (χ0v) is 20.8. The molecule has 1 atom stereocenters. The minimum Gasteiger partial charge on any atom is -0.545 e. The smallest absolute Gasteiger partial charge is 0.338 e. The van der Waals surface area contributed by atoms with Crippen LogP contribution in [0.1, 0.15) is 41.6 Å².